The molecular formula is C35H31BN4O. The van der Waals surface area contributed by atoms with E-state index >= 15 is 0 Å². The molecule has 200 valence electrons. The van der Waals surface area contributed by atoms with Gasteiger partial charge in [0.15, 0.2) is 5.71 Å². The summed E-state index contributed by atoms with van der Waals surface area (Å²) in [6, 6.07) is 48.8. The molecule has 0 atom stereocenters. The molecule has 5 nitrogen and oxygen atoms in total. The average Bonchev–Trinajstić information content (AvgIpc) is 3.03. The van der Waals surface area contributed by atoms with Gasteiger partial charge in [-0.1, -0.05) is 115 Å². The van der Waals surface area contributed by atoms with Crippen LogP contribution in [0.5, 0.6) is 0 Å². The zero-order valence-corrected chi connectivity index (χ0v) is 23.2. The fourth-order valence-corrected chi connectivity index (χ4v) is 5.89. The van der Waals surface area contributed by atoms with Crippen molar-refractivity contribution in [1.82, 2.24) is 0 Å². The molecule has 0 spiro atoms. The molecule has 6 heteroatoms. The smallest absolute Gasteiger partial charge is 0.422 e. The van der Waals surface area contributed by atoms with Crippen LogP contribution in [0.1, 0.15) is 11.1 Å². The van der Waals surface area contributed by atoms with Crippen LogP contribution in [0.25, 0.3) is 0 Å². The van der Waals surface area contributed by atoms with E-state index in [1.54, 1.807) is 0 Å². The Balaban J connectivity index is 1.69. The van der Waals surface area contributed by atoms with Crippen molar-refractivity contribution in [1.29, 1.82) is 0 Å². The van der Waals surface area contributed by atoms with Crippen molar-refractivity contribution in [3.05, 3.63) is 157 Å². The van der Waals surface area contributed by atoms with Gasteiger partial charge in [-0.2, -0.15) is 5.10 Å². The number of nitrogens with one attached hydrogen (secondary N) is 1. The molecule has 1 N–H and O–H groups in total. The first kappa shape index (κ1) is 26.0. The fourth-order valence-electron chi connectivity index (χ4n) is 5.89. The van der Waals surface area contributed by atoms with E-state index in [0.717, 1.165) is 33.5 Å². The third-order valence-corrected chi connectivity index (χ3v) is 7.82. The predicted octanol–water partition coefficient (Wildman–Crippen LogP) is 5.20. The summed E-state index contributed by atoms with van der Waals surface area (Å²) in [4.78, 5) is 16.2. The van der Waals surface area contributed by atoms with E-state index in [1.807, 2.05) is 72.8 Å². The highest BCUT2D eigenvalue weighted by molar-refractivity contribution is 7.00. The zero-order chi connectivity index (χ0) is 28.2. The molecule has 0 unspecified atom stereocenters. The minimum Gasteiger partial charge on any atom is -0.422 e. The van der Waals surface area contributed by atoms with Crippen LogP contribution in [0.4, 0.5) is 11.4 Å². The number of hydrogen-bond acceptors (Lipinski definition) is 3. The second-order valence-corrected chi connectivity index (χ2v) is 10.4. The lowest BCUT2D eigenvalue weighted by Crippen LogP contribution is -2.78. The summed E-state index contributed by atoms with van der Waals surface area (Å²) >= 11 is 0. The topological polar surface area (TPSA) is 47.7 Å². The van der Waals surface area contributed by atoms with E-state index in [0.29, 0.717) is 11.4 Å². The largest absolute Gasteiger partial charge is 0.445 e. The molecule has 0 aromatic heterocycles. The van der Waals surface area contributed by atoms with Crippen LogP contribution < -0.4 is 21.2 Å². The van der Waals surface area contributed by atoms with Crippen LogP contribution in [0.2, 0.25) is 0 Å². The number of anilines is 2. The predicted molar refractivity (Wildman–Crippen MR) is 171 cm³/mol. The first-order valence-corrected chi connectivity index (χ1v) is 13.8. The lowest BCUT2D eigenvalue weighted by molar-refractivity contribution is -0.356. The molecule has 1 amide bonds. The maximum absolute atomic E-state index is 14.1. The van der Waals surface area contributed by atoms with Gasteiger partial charge in [-0.25, -0.2) is 0 Å². The maximum atomic E-state index is 14.1. The highest BCUT2D eigenvalue weighted by Crippen LogP contribution is 2.28. The van der Waals surface area contributed by atoms with Gasteiger partial charge >= 0.3 is 6.42 Å². The first-order chi connectivity index (χ1) is 20.1. The van der Waals surface area contributed by atoms with Crippen molar-refractivity contribution in [3.63, 3.8) is 0 Å². The molecule has 1 aliphatic heterocycles. The molecule has 0 saturated heterocycles. The fraction of sp³-hybridized carbons (Fsp3) is 0.0571. The number of para-hydroxylation sites is 1. The van der Waals surface area contributed by atoms with Crippen molar-refractivity contribution < 1.29 is 9.28 Å². The van der Waals surface area contributed by atoms with Crippen LogP contribution in [0.3, 0.4) is 0 Å². The van der Waals surface area contributed by atoms with E-state index in [2.05, 4.69) is 101 Å². The normalized spacial score (nSPS) is 14.4. The summed E-state index contributed by atoms with van der Waals surface area (Å²) in [5, 5.41) is 8.36. The van der Waals surface area contributed by atoms with Gasteiger partial charge < -0.3 is 14.7 Å². The monoisotopic (exact) mass is 534 g/mol. The molecule has 41 heavy (non-hydrogen) atoms. The third-order valence-electron chi connectivity index (χ3n) is 7.82. The number of hydrogen-bond donors (Lipinski definition) is 1. The summed E-state index contributed by atoms with van der Waals surface area (Å²) in [5.41, 5.74) is 6.95. The number of carbonyl (C=O) groups is 1. The number of aryl methyl sites for hydroxylation is 1. The Hall–Kier alpha value is -5.23. The maximum Gasteiger partial charge on any atom is 0.445 e. The molecule has 1 aliphatic rings. The average molecular weight is 534 g/mol. The molecule has 0 saturated carbocycles. The molecule has 0 bridgehead atoms. The van der Waals surface area contributed by atoms with Gasteiger partial charge in [0.05, 0.1) is 7.05 Å². The van der Waals surface area contributed by atoms with Gasteiger partial charge in [0.2, 0.25) is 5.71 Å². The van der Waals surface area contributed by atoms with Gasteiger partial charge in [0.25, 0.3) is 5.91 Å². The minimum absolute atomic E-state index is 0.274. The Bertz CT molecular complexity index is 1680. The van der Waals surface area contributed by atoms with E-state index in [4.69, 9.17) is 5.10 Å². The summed E-state index contributed by atoms with van der Waals surface area (Å²) in [7, 11) is 2.08. The summed E-state index contributed by atoms with van der Waals surface area (Å²) in [6.07, 6.45) is -1.89. The molecule has 0 radical (unpaired) electrons. The minimum atomic E-state index is -1.89. The Labute approximate surface area is 241 Å². The van der Waals surface area contributed by atoms with Gasteiger partial charge in [-0.05, 0) is 43.3 Å². The number of nitrogens with zero attached hydrogens (tertiary/aromatic N) is 3. The number of carbonyl (C=O) groups excluding carboxylic acids is 1. The second kappa shape index (κ2) is 11.1. The summed E-state index contributed by atoms with van der Waals surface area (Å²) in [5.74, 6) is -0.274. The molecular weight excluding hydrogens is 503 g/mol. The Kier molecular flexibility index (Phi) is 7.05. The lowest BCUT2D eigenvalue weighted by atomic mass is 9.35. The third kappa shape index (κ3) is 4.74. The Morgan fingerprint density at radius 3 is 1.71 bits per heavy atom. The molecule has 0 aliphatic carbocycles. The number of hydrazone groups is 1. The van der Waals surface area contributed by atoms with E-state index in [9.17, 15) is 4.79 Å². The van der Waals surface area contributed by atoms with Crippen molar-refractivity contribution in [3.8, 4) is 0 Å². The van der Waals surface area contributed by atoms with Gasteiger partial charge in [-0.15, -0.1) is 10.9 Å². The quantitative estimate of drug-likeness (QED) is 0.305. The SMILES string of the molecule is Cc1ccc(N2N=C(C(=O)Nc3ccccc3)C(c3ccccc3)=[N+](C)[B-]2(c2ccccc2)c2ccccc2)cc1. The van der Waals surface area contributed by atoms with Crippen LogP contribution in [0, 0.1) is 6.92 Å². The molecule has 5 aromatic carbocycles. The van der Waals surface area contributed by atoms with E-state index in [1.165, 1.54) is 0 Å². The highest BCUT2D eigenvalue weighted by Gasteiger charge is 2.52. The second-order valence-electron chi connectivity index (χ2n) is 10.4. The number of amides is 1. The van der Waals surface area contributed by atoms with E-state index in [-0.39, 0.29) is 5.91 Å². The lowest BCUT2D eigenvalue weighted by Gasteiger charge is -2.48. The molecule has 0 fully saturated rings. The zero-order valence-electron chi connectivity index (χ0n) is 23.2. The van der Waals surface area contributed by atoms with Gasteiger partial charge in [0, 0.05) is 16.9 Å². The van der Waals surface area contributed by atoms with Crippen molar-refractivity contribution in [2.45, 2.75) is 6.92 Å². The van der Waals surface area contributed by atoms with Gasteiger partial charge in [0.1, 0.15) is 0 Å². The van der Waals surface area contributed by atoms with Crippen molar-refractivity contribution in [2.75, 3.05) is 17.3 Å². The molecule has 5 aromatic rings. The molecule has 1 heterocycles. The van der Waals surface area contributed by atoms with Crippen LogP contribution in [-0.4, -0.2) is 35.3 Å². The van der Waals surface area contributed by atoms with Crippen LogP contribution in [0.15, 0.2) is 151 Å². The standard InChI is InChI=1S/C35H31BN4O/c1-27-23-25-32(26-24-27)40-36(29-17-9-4-10-18-29,30-19-11-5-12-20-30)39(2)34(28-15-7-3-8-16-28)33(38-40)35(41)37-31-21-13-6-14-22-31/h3-26H,1-2H3,(H,37,41). The Morgan fingerprint density at radius 2 is 1.17 bits per heavy atom. The molecule has 6 rings (SSSR count). The number of rotatable bonds is 6. The van der Waals surface area contributed by atoms with Gasteiger partial charge in [-0.3, -0.25) is 4.79 Å². The first-order valence-electron chi connectivity index (χ1n) is 13.8. The summed E-state index contributed by atoms with van der Waals surface area (Å²) in [6.45, 7) is 2.07. The van der Waals surface area contributed by atoms with E-state index < -0.39 is 6.42 Å². The highest BCUT2D eigenvalue weighted by atomic mass is 16.2. The van der Waals surface area contributed by atoms with Crippen molar-refractivity contribution in [2.24, 2.45) is 5.10 Å². The summed E-state index contributed by atoms with van der Waals surface area (Å²) < 4.78 is 2.26. The van der Waals surface area contributed by atoms with Crippen LogP contribution >= 0.6 is 0 Å². The number of benzene rings is 5. The van der Waals surface area contributed by atoms with Crippen molar-refractivity contribution >= 4 is 46.0 Å². The van der Waals surface area contributed by atoms with Crippen LogP contribution in [-0.2, 0) is 4.79 Å². The Morgan fingerprint density at radius 1 is 0.683 bits per heavy atom.